The lowest BCUT2D eigenvalue weighted by Crippen LogP contribution is -2.33. The Bertz CT molecular complexity index is 447. The Kier molecular flexibility index (Phi) is 5.41. The highest BCUT2D eigenvalue weighted by atomic mass is 16.5. The fourth-order valence-electron chi connectivity index (χ4n) is 2.57. The van der Waals surface area contributed by atoms with Gasteiger partial charge in [0, 0.05) is 19.7 Å². The number of amides is 1. The summed E-state index contributed by atoms with van der Waals surface area (Å²) < 4.78 is 5.58. The molecule has 4 nitrogen and oxygen atoms in total. The number of likely N-dealkylation sites (tertiary alicyclic amines) is 1. The van der Waals surface area contributed by atoms with E-state index in [4.69, 9.17) is 9.84 Å². The van der Waals surface area contributed by atoms with Gasteiger partial charge < -0.3 is 14.7 Å². The van der Waals surface area contributed by atoms with Crippen LogP contribution in [0, 0.1) is 5.92 Å². The van der Waals surface area contributed by atoms with E-state index in [1.165, 1.54) is 5.56 Å². The zero-order valence-electron chi connectivity index (χ0n) is 12.0. The number of aryl methyl sites for hydroxylation is 1. The van der Waals surface area contributed by atoms with Crippen LogP contribution in [0.1, 0.15) is 25.3 Å². The molecule has 1 atom stereocenters. The second-order valence-electron chi connectivity index (χ2n) is 5.30. The number of aliphatic hydroxyl groups excluding tert-OH is 1. The molecular weight excluding hydrogens is 254 g/mol. The summed E-state index contributed by atoms with van der Waals surface area (Å²) in [6, 6.07) is 7.86. The van der Waals surface area contributed by atoms with E-state index in [-0.39, 0.29) is 19.1 Å². The van der Waals surface area contributed by atoms with Gasteiger partial charge in [-0.05, 0) is 42.9 Å². The second kappa shape index (κ2) is 7.29. The van der Waals surface area contributed by atoms with E-state index in [1.807, 2.05) is 23.1 Å². The van der Waals surface area contributed by atoms with E-state index in [0.29, 0.717) is 5.92 Å². The molecule has 1 aromatic carbocycles. The maximum Gasteiger partial charge on any atom is 0.260 e. The van der Waals surface area contributed by atoms with Gasteiger partial charge in [0.2, 0.25) is 0 Å². The van der Waals surface area contributed by atoms with Gasteiger partial charge >= 0.3 is 0 Å². The zero-order chi connectivity index (χ0) is 14.4. The number of ether oxygens (including phenoxy) is 1. The van der Waals surface area contributed by atoms with Gasteiger partial charge in [0.1, 0.15) is 5.75 Å². The van der Waals surface area contributed by atoms with Crippen LogP contribution in [0.5, 0.6) is 5.75 Å². The Morgan fingerprint density at radius 3 is 3.10 bits per heavy atom. The summed E-state index contributed by atoms with van der Waals surface area (Å²) in [6.07, 6.45) is 2.72. The third-order valence-corrected chi connectivity index (χ3v) is 3.84. The number of aliphatic hydroxyl groups is 1. The number of rotatable bonds is 6. The molecule has 0 radical (unpaired) electrons. The van der Waals surface area contributed by atoms with Crippen molar-refractivity contribution in [3.63, 3.8) is 0 Å². The average molecular weight is 277 g/mol. The van der Waals surface area contributed by atoms with Gasteiger partial charge in [-0.25, -0.2) is 0 Å². The lowest BCUT2D eigenvalue weighted by Gasteiger charge is -2.17. The van der Waals surface area contributed by atoms with Crippen LogP contribution < -0.4 is 4.74 Å². The monoisotopic (exact) mass is 277 g/mol. The SMILES string of the molecule is CCc1cccc(OCC(=O)N2CCC(CCO)C2)c1. The number of nitrogens with zero attached hydrogens (tertiary/aromatic N) is 1. The summed E-state index contributed by atoms with van der Waals surface area (Å²) in [6.45, 7) is 3.92. The Morgan fingerprint density at radius 1 is 1.50 bits per heavy atom. The third kappa shape index (κ3) is 3.97. The van der Waals surface area contributed by atoms with Crippen molar-refractivity contribution >= 4 is 5.91 Å². The summed E-state index contributed by atoms with van der Waals surface area (Å²) in [7, 11) is 0. The Labute approximate surface area is 120 Å². The van der Waals surface area contributed by atoms with E-state index in [9.17, 15) is 4.79 Å². The third-order valence-electron chi connectivity index (χ3n) is 3.84. The molecule has 4 heteroatoms. The molecule has 1 aliphatic heterocycles. The van der Waals surface area contributed by atoms with Crippen molar-refractivity contribution in [1.29, 1.82) is 0 Å². The Morgan fingerprint density at radius 2 is 2.35 bits per heavy atom. The maximum atomic E-state index is 12.1. The normalized spacial score (nSPS) is 18.3. The van der Waals surface area contributed by atoms with Crippen molar-refractivity contribution in [3.05, 3.63) is 29.8 Å². The minimum atomic E-state index is 0.0346. The number of hydrogen-bond donors (Lipinski definition) is 1. The van der Waals surface area contributed by atoms with Crippen LogP contribution >= 0.6 is 0 Å². The molecule has 1 unspecified atom stereocenters. The fraction of sp³-hybridized carbons (Fsp3) is 0.562. The van der Waals surface area contributed by atoms with Crippen molar-refractivity contribution in [2.24, 2.45) is 5.92 Å². The van der Waals surface area contributed by atoms with Crippen LogP contribution in [0.25, 0.3) is 0 Å². The molecule has 1 fully saturated rings. The molecule has 0 aromatic heterocycles. The predicted octanol–water partition coefficient (Wildman–Crippen LogP) is 1.86. The lowest BCUT2D eigenvalue weighted by atomic mass is 10.1. The molecule has 1 amide bonds. The molecule has 20 heavy (non-hydrogen) atoms. The van der Waals surface area contributed by atoms with Crippen molar-refractivity contribution in [2.45, 2.75) is 26.2 Å². The quantitative estimate of drug-likeness (QED) is 0.863. The molecule has 1 saturated heterocycles. The molecule has 1 heterocycles. The highest BCUT2D eigenvalue weighted by Gasteiger charge is 2.25. The molecule has 1 aliphatic rings. The van der Waals surface area contributed by atoms with Gasteiger partial charge in [-0.15, -0.1) is 0 Å². The summed E-state index contributed by atoms with van der Waals surface area (Å²) >= 11 is 0. The lowest BCUT2D eigenvalue weighted by molar-refractivity contribution is -0.132. The van der Waals surface area contributed by atoms with Crippen LogP contribution in [0.15, 0.2) is 24.3 Å². The molecule has 1 aromatic rings. The van der Waals surface area contributed by atoms with Crippen LogP contribution in [0.4, 0.5) is 0 Å². The first-order chi connectivity index (χ1) is 9.72. The Hall–Kier alpha value is -1.55. The number of carbonyl (C=O) groups excluding carboxylic acids is 1. The molecule has 2 rings (SSSR count). The van der Waals surface area contributed by atoms with Crippen LogP contribution in [0.2, 0.25) is 0 Å². The first-order valence-corrected chi connectivity index (χ1v) is 7.33. The minimum Gasteiger partial charge on any atom is -0.484 e. The van der Waals surface area contributed by atoms with Gasteiger partial charge in [0.15, 0.2) is 6.61 Å². The van der Waals surface area contributed by atoms with Gasteiger partial charge in [-0.1, -0.05) is 19.1 Å². The number of benzene rings is 1. The fourth-order valence-corrected chi connectivity index (χ4v) is 2.57. The van der Waals surface area contributed by atoms with Crippen LogP contribution in [-0.4, -0.2) is 42.2 Å². The van der Waals surface area contributed by atoms with E-state index in [2.05, 4.69) is 13.0 Å². The van der Waals surface area contributed by atoms with Crippen LogP contribution in [-0.2, 0) is 11.2 Å². The standard InChI is InChI=1S/C16H23NO3/c1-2-13-4-3-5-15(10-13)20-12-16(19)17-8-6-14(11-17)7-9-18/h3-5,10,14,18H,2,6-9,11-12H2,1H3. The summed E-state index contributed by atoms with van der Waals surface area (Å²) in [5.74, 6) is 1.23. The first-order valence-electron chi connectivity index (χ1n) is 7.33. The predicted molar refractivity (Wildman–Crippen MR) is 77.7 cm³/mol. The van der Waals surface area contributed by atoms with E-state index in [0.717, 1.165) is 38.1 Å². The molecule has 1 N–H and O–H groups in total. The zero-order valence-corrected chi connectivity index (χ0v) is 12.0. The topological polar surface area (TPSA) is 49.8 Å². The highest BCUT2D eigenvalue weighted by molar-refractivity contribution is 5.78. The van der Waals surface area contributed by atoms with Crippen molar-refractivity contribution in [2.75, 3.05) is 26.3 Å². The van der Waals surface area contributed by atoms with Crippen LogP contribution in [0.3, 0.4) is 0 Å². The summed E-state index contributed by atoms with van der Waals surface area (Å²) in [5.41, 5.74) is 1.21. The number of carbonyl (C=O) groups is 1. The largest absolute Gasteiger partial charge is 0.484 e. The molecule has 0 spiro atoms. The minimum absolute atomic E-state index is 0.0346. The van der Waals surface area contributed by atoms with Crippen molar-refractivity contribution in [1.82, 2.24) is 4.90 Å². The average Bonchev–Trinajstić information content (AvgIpc) is 2.94. The molecule has 0 saturated carbocycles. The second-order valence-corrected chi connectivity index (χ2v) is 5.30. The first kappa shape index (κ1) is 14.9. The highest BCUT2D eigenvalue weighted by Crippen LogP contribution is 2.19. The Balaban J connectivity index is 1.80. The van der Waals surface area contributed by atoms with Crippen molar-refractivity contribution in [3.8, 4) is 5.75 Å². The maximum absolute atomic E-state index is 12.1. The van der Waals surface area contributed by atoms with E-state index < -0.39 is 0 Å². The number of hydrogen-bond acceptors (Lipinski definition) is 3. The smallest absolute Gasteiger partial charge is 0.260 e. The van der Waals surface area contributed by atoms with Gasteiger partial charge in [-0.3, -0.25) is 4.79 Å². The molecule has 0 aliphatic carbocycles. The van der Waals surface area contributed by atoms with E-state index >= 15 is 0 Å². The summed E-state index contributed by atoms with van der Waals surface area (Å²) in [4.78, 5) is 13.9. The molecule has 0 bridgehead atoms. The summed E-state index contributed by atoms with van der Waals surface area (Å²) in [5, 5.41) is 8.92. The van der Waals surface area contributed by atoms with Gasteiger partial charge in [-0.2, -0.15) is 0 Å². The van der Waals surface area contributed by atoms with Crippen molar-refractivity contribution < 1.29 is 14.6 Å². The molecule has 110 valence electrons. The van der Waals surface area contributed by atoms with Gasteiger partial charge in [0.25, 0.3) is 5.91 Å². The van der Waals surface area contributed by atoms with E-state index in [1.54, 1.807) is 0 Å². The molecular formula is C16H23NO3. The van der Waals surface area contributed by atoms with Gasteiger partial charge in [0.05, 0.1) is 0 Å².